The average molecular weight is 259 g/mol. The van der Waals surface area contributed by atoms with Gasteiger partial charge in [-0.15, -0.1) is 0 Å². The molecule has 0 unspecified atom stereocenters. The van der Waals surface area contributed by atoms with Crippen molar-refractivity contribution < 1.29 is 24.5 Å². The van der Waals surface area contributed by atoms with E-state index >= 15 is 0 Å². The number of rotatable bonds is 4. The molecule has 1 aromatic carbocycles. The van der Waals surface area contributed by atoms with Gasteiger partial charge in [-0.25, -0.2) is 9.59 Å². The highest BCUT2D eigenvalue weighted by atomic mass is 16.4. The topological polar surface area (TPSA) is 91.4 Å². The maximum absolute atomic E-state index is 10.7. The van der Waals surface area contributed by atoms with Crippen molar-refractivity contribution in [2.24, 2.45) is 0 Å². The molecule has 0 fully saturated rings. The smallest absolute Gasteiger partial charge is 0.337 e. The Balaban J connectivity index is 2.12. The Labute approximate surface area is 108 Å². The zero-order valence-electron chi connectivity index (χ0n) is 9.85. The molecule has 0 atom stereocenters. The van der Waals surface area contributed by atoms with E-state index in [2.05, 4.69) is 5.10 Å². The van der Waals surface area contributed by atoms with Gasteiger partial charge in [-0.1, -0.05) is 16.8 Å². The van der Waals surface area contributed by atoms with Crippen molar-refractivity contribution in [3.05, 3.63) is 59.4 Å². The number of hydrogen-bond acceptors (Lipinski definition) is 3. The molecule has 19 heavy (non-hydrogen) atoms. The van der Waals surface area contributed by atoms with Gasteiger partial charge >= 0.3 is 11.9 Å². The van der Waals surface area contributed by atoms with Crippen LogP contribution in [-0.4, -0.2) is 27.3 Å². The molecule has 0 aliphatic heterocycles. The zero-order valence-corrected chi connectivity index (χ0v) is 9.85. The predicted molar refractivity (Wildman–Crippen MR) is 63.9 cm³/mol. The van der Waals surface area contributed by atoms with E-state index in [9.17, 15) is 9.59 Å². The van der Waals surface area contributed by atoms with E-state index in [4.69, 9.17) is 10.2 Å². The largest absolute Gasteiger partial charge is 0.478 e. The average Bonchev–Trinajstić information content (AvgIpc) is 2.40. The summed E-state index contributed by atoms with van der Waals surface area (Å²) in [6.07, 6.45) is 2.84. The van der Waals surface area contributed by atoms with Gasteiger partial charge in [0, 0.05) is 11.6 Å². The molecule has 0 saturated carbocycles. The highest BCUT2D eigenvalue weighted by Gasteiger charge is 2.09. The van der Waals surface area contributed by atoms with Crippen LogP contribution in [0.4, 0.5) is 0 Å². The van der Waals surface area contributed by atoms with E-state index in [1.807, 2.05) is 0 Å². The first-order valence-corrected chi connectivity index (χ1v) is 5.47. The molecule has 1 aromatic heterocycles. The molecule has 6 heteroatoms. The van der Waals surface area contributed by atoms with Crippen molar-refractivity contribution in [3.63, 3.8) is 0 Å². The van der Waals surface area contributed by atoms with Crippen LogP contribution in [0.2, 0.25) is 0 Å². The first-order chi connectivity index (χ1) is 9.06. The van der Waals surface area contributed by atoms with Crippen molar-refractivity contribution in [1.82, 2.24) is 5.10 Å². The van der Waals surface area contributed by atoms with E-state index < -0.39 is 11.9 Å². The number of benzene rings is 1. The lowest BCUT2D eigenvalue weighted by molar-refractivity contribution is -0.746. The molecule has 1 heterocycles. The fourth-order valence-corrected chi connectivity index (χ4v) is 1.54. The van der Waals surface area contributed by atoms with E-state index in [1.54, 1.807) is 23.0 Å². The maximum atomic E-state index is 10.7. The van der Waals surface area contributed by atoms with Gasteiger partial charge in [-0.2, -0.15) is 0 Å². The minimum atomic E-state index is -1.02. The Morgan fingerprint density at radius 3 is 2.11 bits per heavy atom. The lowest BCUT2D eigenvalue weighted by atomic mass is 10.1. The Kier molecular flexibility index (Phi) is 3.51. The summed E-state index contributed by atoms with van der Waals surface area (Å²) in [5, 5.41) is 21.5. The van der Waals surface area contributed by atoms with E-state index in [-0.39, 0.29) is 11.1 Å². The Hall–Kier alpha value is -2.76. The molecule has 0 saturated heterocycles. The Morgan fingerprint density at radius 1 is 1.00 bits per heavy atom. The number of aromatic nitrogens is 2. The summed E-state index contributed by atoms with van der Waals surface area (Å²) >= 11 is 0. The molecular formula is C13H11N2O4+. The standard InChI is InChI=1S/C13H10N2O4/c16-12(17)10-3-1-9(2-4-10)8-15-6-5-11(7-14-15)13(18)19/h1-7H,8H2,(H-,16,17,18,19)/p+1. The maximum Gasteiger partial charge on any atom is 0.337 e. The second-order valence-corrected chi connectivity index (χ2v) is 3.92. The van der Waals surface area contributed by atoms with Gasteiger partial charge < -0.3 is 10.2 Å². The first kappa shape index (κ1) is 12.7. The fourth-order valence-electron chi connectivity index (χ4n) is 1.54. The highest BCUT2D eigenvalue weighted by Crippen LogP contribution is 2.04. The number of nitrogens with zero attached hydrogens (tertiary/aromatic N) is 2. The lowest BCUT2D eigenvalue weighted by Gasteiger charge is -1.98. The second-order valence-electron chi connectivity index (χ2n) is 3.92. The molecule has 0 radical (unpaired) electrons. The minimum absolute atomic E-state index is 0.123. The van der Waals surface area contributed by atoms with Crippen LogP contribution in [-0.2, 0) is 6.54 Å². The van der Waals surface area contributed by atoms with Crippen LogP contribution in [0.15, 0.2) is 42.7 Å². The quantitative estimate of drug-likeness (QED) is 0.793. The van der Waals surface area contributed by atoms with Crippen LogP contribution >= 0.6 is 0 Å². The molecule has 0 spiro atoms. The van der Waals surface area contributed by atoms with Crippen LogP contribution in [0.1, 0.15) is 26.3 Å². The summed E-state index contributed by atoms with van der Waals surface area (Å²) in [4.78, 5) is 21.4. The van der Waals surface area contributed by atoms with Crippen molar-refractivity contribution in [2.45, 2.75) is 6.54 Å². The third kappa shape index (κ3) is 3.12. The van der Waals surface area contributed by atoms with Gasteiger partial charge in [0.15, 0.2) is 12.7 Å². The van der Waals surface area contributed by atoms with Crippen molar-refractivity contribution in [1.29, 1.82) is 0 Å². The summed E-state index contributed by atoms with van der Waals surface area (Å²) in [6, 6.07) is 7.89. The van der Waals surface area contributed by atoms with Crippen molar-refractivity contribution >= 4 is 11.9 Å². The summed E-state index contributed by atoms with van der Waals surface area (Å²) in [6.45, 7) is 0.444. The predicted octanol–water partition coefficient (Wildman–Crippen LogP) is 0.814. The summed E-state index contributed by atoms with van der Waals surface area (Å²) in [7, 11) is 0. The van der Waals surface area contributed by atoms with E-state index in [0.29, 0.717) is 6.54 Å². The van der Waals surface area contributed by atoms with Gasteiger partial charge in [0.2, 0.25) is 0 Å². The van der Waals surface area contributed by atoms with Gasteiger partial charge in [-0.3, -0.25) is 0 Å². The normalized spacial score (nSPS) is 10.1. The van der Waals surface area contributed by atoms with Crippen LogP contribution in [0, 0.1) is 0 Å². The van der Waals surface area contributed by atoms with Gasteiger partial charge in [0.1, 0.15) is 6.20 Å². The van der Waals surface area contributed by atoms with Gasteiger partial charge in [-0.05, 0) is 17.2 Å². The molecule has 0 aliphatic carbocycles. The molecule has 0 bridgehead atoms. The molecule has 2 aromatic rings. The lowest BCUT2D eigenvalue weighted by Crippen LogP contribution is -2.38. The van der Waals surface area contributed by atoms with Crippen LogP contribution in [0.5, 0.6) is 0 Å². The number of hydrogen-bond donors (Lipinski definition) is 2. The van der Waals surface area contributed by atoms with Crippen molar-refractivity contribution in [3.8, 4) is 0 Å². The van der Waals surface area contributed by atoms with Crippen molar-refractivity contribution in [2.75, 3.05) is 0 Å². The molecule has 2 rings (SSSR count). The summed E-state index contributed by atoms with van der Waals surface area (Å²) in [5.74, 6) is -1.99. The SMILES string of the molecule is O=C(O)c1ccc(C[n+]2ccc(C(=O)O)cn2)cc1. The third-order valence-corrected chi connectivity index (χ3v) is 2.56. The number of carboxylic acids is 2. The first-order valence-electron chi connectivity index (χ1n) is 5.47. The molecular weight excluding hydrogens is 248 g/mol. The molecule has 96 valence electrons. The Morgan fingerprint density at radius 2 is 1.63 bits per heavy atom. The van der Waals surface area contributed by atoms with E-state index in [0.717, 1.165) is 5.56 Å². The zero-order chi connectivity index (χ0) is 13.8. The molecule has 0 aliphatic rings. The number of aromatic carboxylic acids is 2. The number of carboxylic acid groups (broad SMARTS) is 2. The van der Waals surface area contributed by atoms with Crippen LogP contribution < -0.4 is 4.68 Å². The fraction of sp³-hybridized carbons (Fsp3) is 0.0769. The molecule has 0 amide bonds. The number of carbonyl (C=O) groups is 2. The second kappa shape index (κ2) is 5.26. The van der Waals surface area contributed by atoms with Gasteiger partial charge in [0.25, 0.3) is 0 Å². The summed E-state index contributed by atoms with van der Waals surface area (Å²) in [5.41, 5.74) is 1.23. The summed E-state index contributed by atoms with van der Waals surface area (Å²) < 4.78 is 1.57. The Bertz CT molecular complexity index is 550. The molecule has 6 nitrogen and oxygen atoms in total. The van der Waals surface area contributed by atoms with Crippen LogP contribution in [0.3, 0.4) is 0 Å². The third-order valence-electron chi connectivity index (χ3n) is 2.56. The van der Waals surface area contributed by atoms with E-state index in [1.165, 1.54) is 24.4 Å². The molecule has 2 N–H and O–H groups in total. The monoisotopic (exact) mass is 259 g/mol. The van der Waals surface area contributed by atoms with Gasteiger partial charge in [0.05, 0.1) is 11.1 Å². The minimum Gasteiger partial charge on any atom is -0.478 e. The van der Waals surface area contributed by atoms with Crippen LogP contribution in [0.25, 0.3) is 0 Å². The highest BCUT2D eigenvalue weighted by molar-refractivity contribution is 5.87.